The van der Waals surface area contributed by atoms with Gasteiger partial charge in [0.05, 0.1) is 6.61 Å². The Morgan fingerprint density at radius 3 is 2.28 bits per heavy atom. The molecule has 170 valence electrons. The summed E-state index contributed by atoms with van der Waals surface area (Å²) in [5.74, 6) is 1.25. The maximum atomic E-state index is 6.57. The number of halogens is 3. The van der Waals surface area contributed by atoms with E-state index < -0.39 is 0 Å². The first-order valence-electron chi connectivity index (χ1n) is 10.8. The molecule has 32 heavy (non-hydrogen) atoms. The monoisotopic (exact) mass is 491 g/mol. The summed E-state index contributed by atoms with van der Waals surface area (Å²) in [7, 11) is 0. The van der Waals surface area contributed by atoms with E-state index in [4.69, 9.17) is 44.3 Å². The van der Waals surface area contributed by atoms with E-state index in [1.807, 2.05) is 31.2 Å². The third kappa shape index (κ3) is 7.31. The van der Waals surface area contributed by atoms with E-state index in [-0.39, 0.29) is 0 Å². The van der Waals surface area contributed by atoms with Gasteiger partial charge in [-0.25, -0.2) is 0 Å². The Bertz CT molecular complexity index is 1010. The van der Waals surface area contributed by atoms with E-state index >= 15 is 0 Å². The van der Waals surface area contributed by atoms with Crippen LogP contribution >= 0.6 is 34.8 Å². The zero-order valence-electron chi connectivity index (χ0n) is 18.3. The van der Waals surface area contributed by atoms with Crippen LogP contribution in [0.25, 0.3) is 0 Å². The van der Waals surface area contributed by atoms with Gasteiger partial charge in [0.15, 0.2) is 11.5 Å². The first-order chi connectivity index (χ1) is 15.5. The van der Waals surface area contributed by atoms with Crippen LogP contribution < -0.4 is 14.8 Å². The molecule has 0 aromatic heterocycles. The predicted octanol–water partition coefficient (Wildman–Crippen LogP) is 7.74. The molecule has 1 atom stereocenters. The Hall–Kier alpha value is -1.91. The standard InChI is InChI=1S/C26H28Cl3NO2/c1-3-31-25-13-21(16-30-18(2)9-10-19-7-5-4-6-8-19)24(29)15-26(25)32-17-20-11-12-22(27)14-23(20)28/h4-8,11-15,18,30H,3,9-10,16-17H2,1-2H3. The molecule has 1 N–H and O–H groups in total. The molecule has 0 saturated carbocycles. The third-order valence-electron chi connectivity index (χ3n) is 5.16. The fourth-order valence-electron chi connectivity index (χ4n) is 3.30. The SMILES string of the molecule is CCOc1cc(CNC(C)CCc2ccccc2)c(Cl)cc1OCc1ccc(Cl)cc1Cl. The van der Waals surface area contributed by atoms with Gasteiger partial charge in [0, 0.05) is 39.3 Å². The van der Waals surface area contributed by atoms with Gasteiger partial charge in [-0.1, -0.05) is 71.2 Å². The molecule has 0 bridgehead atoms. The van der Waals surface area contributed by atoms with E-state index in [2.05, 4.69) is 36.5 Å². The van der Waals surface area contributed by atoms with Crippen molar-refractivity contribution in [3.05, 3.63) is 92.4 Å². The van der Waals surface area contributed by atoms with E-state index in [9.17, 15) is 0 Å². The lowest BCUT2D eigenvalue weighted by atomic mass is 10.1. The number of ether oxygens (including phenoxy) is 2. The first-order valence-corrected chi connectivity index (χ1v) is 11.9. The van der Waals surface area contributed by atoms with Crippen molar-refractivity contribution in [1.29, 1.82) is 0 Å². The lowest BCUT2D eigenvalue weighted by molar-refractivity contribution is 0.269. The second kappa shape index (κ2) is 12.4. The minimum absolute atomic E-state index is 0.292. The molecular weight excluding hydrogens is 465 g/mol. The van der Waals surface area contributed by atoms with Gasteiger partial charge in [0.2, 0.25) is 0 Å². The highest BCUT2D eigenvalue weighted by Gasteiger charge is 2.13. The summed E-state index contributed by atoms with van der Waals surface area (Å²) >= 11 is 18.8. The topological polar surface area (TPSA) is 30.5 Å². The summed E-state index contributed by atoms with van der Waals surface area (Å²) in [5.41, 5.74) is 3.16. The number of aryl methyl sites for hydroxylation is 1. The molecule has 0 fully saturated rings. The zero-order chi connectivity index (χ0) is 22.9. The average Bonchev–Trinajstić information content (AvgIpc) is 2.78. The molecule has 3 aromatic carbocycles. The Labute approximate surface area is 205 Å². The van der Waals surface area contributed by atoms with Gasteiger partial charge in [-0.15, -0.1) is 0 Å². The average molecular weight is 493 g/mol. The van der Waals surface area contributed by atoms with Crippen LogP contribution in [-0.4, -0.2) is 12.6 Å². The van der Waals surface area contributed by atoms with Crippen molar-refractivity contribution in [1.82, 2.24) is 5.32 Å². The highest BCUT2D eigenvalue weighted by atomic mass is 35.5. The highest BCUT2D eigenvalue weighted by molar-refractivity contribution is 6.35. The number of hydrogen-bond donors (Lipinski definition) is 1. The molecule has 3 rings (SSSR count). The summed E-state index contributed by atoms with van der Waals surface area (Å²) in [6.07, 6.45) is 2.08. The van der Waals surface area contributed by atoms with Crippen molar-refractivity contribution in [2.75, 3.05) is 6.61 Å². The summed E-state index contributed by atoms with van der Waals surface area (Å²) in [6.45, 7) is 5.60. The van der Waals surface area contributed by atoms with Crippen LogP contribution in [0.1, 0.15) is 37.0 Å². The summed E-state index contributed by atoms with van der Waals surface area (Å²) in [6, 6.07) is 20.0. The molecule has 3 nitrogen and oxygen atoms in total. The number of nitrogens with one attached hydrogen (secondary N) is 1. The Kier molecular flexibility index (Phi) is 9.55. The molecular formula is C26H28Cl3NO2. The number of hydrogen-bond acceptors (Lipinski definition) is 3. The van der Waals surface area contributed by atoms with Gasteiger partial charge in [0.25, 0.3) is 0 Å². The molecule has 0 amide bonds. The fourth-order valence-corrected chi connectivity index (χ4v) is 3.99. The molecule has 0 spiro atoms. The summed E-state index contributed by atoms with van der Waals surface area (Å²) in [5, 5.41) is 5.34. The minimum Gasteiger partial charge on any atom is -0.490 e. The van der Waals surface area contributed by atoms with Gasteiger partial charge < -0.3 is 14.8 Å². The fraction of sp³-hybridized carbons (Fsp3) is 0.308. The van der Waals surface area contributed by atoms with E-state index in [0.29, 0.717) is 52.4 Å². The molecule has 0 aliphatic carbocycles. The highest BCUT2D eigenvalue weighted by Crippen LogP contribution is 2.35. The Balaban J connectivity index is 1.62. The van der Waals surface area contributed by atoms with Crippen LogP contribution in [-0.2, 0) is 19.6 Å². The van der Waals surface area contributed by atoms with Crippen molar-refractivity contribution in [2.45, 2.75) is 45.9 Å². The van der Waals surface area contributed by atoms with Crippen LogP contribution in [0.3, 0.4) is 0 Å². The summed E-state index contributed by atoms with van der Waals surface area (Å²) < 4.78 is 11.8. The van der Waals surface area contributed by atoms with Gasteiger partial charge in [-0.3, -0.25) is 0 Å². The number of rotatable bonds is 11. The van der Waals surface area contributed by atoms with Crippen LogP contribution in [0.15, 0.2) is 60.7 Å². The second-order valence-corrected chi connectivity index (χ2v) is 8.90. The predicted molar refractivity (Wildman–Crippen MR) is 134 cm³/mol. The van der Waals surface area contributed by atoms with E-state index in [1.165, 1.54) is 5.56 Å². The van der Waals surface area contributed by atoms with Crippen LogP contribution in [0.5, 0.6) is 11.5 Å². The van der Waals surface area contributed by atoms with Gasteiger partial charge >= 0.3 is 0 Å². The maximum Gasteiger partial charge on any atom is 0.163 e. The molecule has 6 heteroatoms. The quantitative estimate of drug-likeness (QED) is 0.297. The summed E-state index contributed by atoms with van der Waals surface area (Å²) in [4.78, 5) is 0. The van der Waals surface area contributed by atoms with Gasteiger partial charge in [-0.2, -0.15) is 0 Å². The first kappa shape index (κ1) is 24.7. The molecule has 3 aromatic rings. The van der Waals surface area contributed by atoms with Crippen molar-refractivity contribution in [2.24, 2.45) is 0 Å². The largest absolute Gasteiger partial charge is 0.490 e. The molecule has 1 unspecified atom stereocenters. The Morgan fingerprint density at radius 1 is 0.844 bits per heavy atom. The van der Waals surface area contributed by atoms with Crippen LogP contribution in [0, 0.1) is 0 Å². The maximum absolute atomic E-state index is 6.57. The van der Waals surface area contributed by atoms with Crippen LogP contribution in [0.4, 0.5) is 0 Å². The zero-order valence-corrected chi connectivity index (χ0v) is 20.6. The van der Waals surface area contributed by atoms with Crippen LogP contribution in [0.2, 0.25) is 15.1 Å². The van der Waals surface area contributed by atoms with Crippen molar-refractivity contribution in [3.8, 4) is 11.5 Å². The van der Waals surface area contributed by atoms with Crippen molar-refractivity contribution >= 4 is 34.8 Å². The normalized spacial score (nSPS) is 11.9. The molecule has 0 aliphatic heterocycles. The number of benzene rings is 3. The molecule has 0 aliphatic rings. The van der Waals surface area contributed by atoms with Crippen molar-refractivity contribution < 1.29 is 9.47 Å². The van der Waals surface area contributed by atoms with Gasteiger partial charge in [0.1, 0.15) is 6.61 Å². The Morgan fingerprint density at radius 2 is 1.56 bits per heavy atom. The van der Waals surface area contributed by atoms with Crippen molar-refractivity contribution in [3.63, 3.8) is 0 Å². The second-order valence-electron chi connectivity index (χ2n) is 7.65. The minimum atomic E-state index is 0.292. The lowest BCUT2D eigenvalue weighted by Gasteiger charge is -2.18. The molecule has 0 saturated heterocycles. The van der Waals surface area contributed by atoms with E-state index in [0.717, 1.165) is 24.0 Å². The third-order valence-corrected chi connectivity index (χ3v) is 6.10. The smallest absolute Gasteiger partial charge is 0.163 e. The van der Waals surface area contributed by atoms with E-state index in [1.54, 1.807) is 12.1 Å². The lowest BCUT2D eigenvalue weighted by Crippen LogP contribution is -2.26. The molecule has 0 radical (unpaired) electrons. The van der Waals surface area contributed by atoms with Gasteiger partial charge in [-0.05, 0) is 56.0 Å². The molecule has 0 heterocycles.